The van der Waals surface area contributed by atoms with Crippen molar-refractivity contribution < 1.29 is 9.53 Å². The predicted molar refractivity (Wildman–Crippen MR) is 113 cm³/mol. The number of thiazole rings is 1. The Bertz CT molecular complexity index is 761. The molecular weight excluding hydrogens is 378 g/mol. The molecule has 1 aliphatic rings. The number of benzene rings is 1. The number of hydrogen-bond acceptors (Lipinski definition) is 6. The molecule has 1 saturated heterocycles. The van der Waals surface area contributed by atoms with Crippen LogP contribution in [0.2, 0.25) is 0 Å². The number of rotatable bonds is 7. The van der Waals surface area contributed by atoms with Gasteiger partial charge in [0.15, 0.2) is 0 Å². The minimum Gasteiger partial charge on any atom is -0.486 e. The second kappa shape index (κ2) is 9.08. The molecular formula is C20H27N3O2S2. The van der Waals surface area contributed by atoms with Crippen molar-refractivity contribution in [2.75, 3.05) is 33.4 Å². The van der Waals surface area contributed by atoms with E-state index in [1.807, 2.05) is 46.3 Å². The molecule has 0 N–H and O–H groups in total. The van der Waals surface area contributed by atoms with E-state index in [0.717, 1.165) is 29.5 Å². The SMILES string of the molecule is CS[C@@H]1CN(C(=O)Cc2csc(COc3ccc(C)cc3)n2)C[C@H]1N(C)C. The molecule has 2 aromatic rings. The molecule has 1 aromatic carbocycles. The Balaban J connectivity index is 1.53. The molecule has 5 nitrogen and oxygen atoms in total. The summed E-state index contributed by atoms with van der Waals surface area (Å²) >= 11 is 3.39. The first kappa shape index (κ1) is 20.2. The summed E-state index contributed by atoms with van der Waals surface area (Å²) in [5, 5.41) is 3.34. The quantitative estimate of drug-likeness (QED) is 0.708. The molecule has 146 valence electrons. The van der Waals surface area contributed by atoms with Crippen molar-refractivity contribution >= 4 is 29.0 Å². The van der Waals surface area contributed by atoms with Gasteiger partial charge in [-0.05, 0) is 39.4 Å². The van der Waals surface area contributed by atoms with Gasteiger partial charge in [0.05, 0.1) is 12.1 Å². The zero-order valence-corrected chi connectivity index (χ0v) is 18.0. The van der Waals surface area contributed by atoms with Crippen LogP contribution in [0.4, 0.5) is 0 Å². The van der Waals surface area contributed by atoms with Gasteiger partial charge in [0.25, 0.3) is 0 Å². The largest absolute Gasteiger partial charge is 0.486 e. The highest BCUT2D eigenvalue weighted by Gasteiger charge is 2.35. The fourth-order valence-electron chi connectivity index (χ4n) is 3.23. The highest BCUT2D eigenvalue weighted by atomic mass is 32.2. The molecule has 0 spiro atoms. The summed E-state index contributed by atoms with van der Waals surface area (Å²) in [7, 11) is 4.17. The van der Waals surface area contributed by atoms with Gasteiger partial charge in [-0.1, -0.05) is 17.7 Å². The third kappa shape index (κ3) is 5.24. The van der Waals surface area contributed by atoms with Crippen molar-refractivity contribution in [3.8, 4) is 5.75 Å². The first-order chi connectivity index (χ1) is 13.0. The van der Waals surface area contributed by atoms with E-state index >= 15 is 0 Å². The van der Waals surface area contributed by atoms with Gasteiger partial charge in [0.1, 0.15) is 17.4 Å². The van der Waals surface area contributed by atoms with Crippen LogP contribution in [-0.2, 0) is 17.8 Å². The van der Waals surface area contributed by atoms with Crippen molar-refractivity contribution in [3.05, 3.63) is 45.9 Å². The number of likely N-dealkylation sites (N-methyl/N-ethyl adjacent to an activating group) is 1. The number of thioether (sulfide) groups is 1. The molecule has 1 aliphatic heterocycles. The molecule has 0 saturated carbocycles. The first-order valence-electron chi connectivity index (χ1n) is 9.06. The van der Waals surface area contributed by atoms with E-state index in [1.165, 1.54) is 5.56 Å². The summed E-state index contributed by atoms with van der Waals surface area (Å²) < 4.78 is 5.78. The lowest BCUT2D eigenvalue weighted by Crippen LogP contribution is -2.37. The second-order valence-corrected chi connectivity index (χ2v) is 9.13. The number of hydrogen-bond donors (Lipinski definition) is 0. The highest BCUT2D eigenvalue weighted by Crippen LogP contribution is 2.25. The summed E-state index contributed by atoms with van der Waals surface area (Å²) in [6.45, 7) is 4.10. The number of carbonyl (C=O) groups is 1. The molecule has 1 fully saturated rings. The predicted octanol–water partition coefficient (Wildman–Crippen LogP) is 3.08. The number of aromatic nitrogens is 1. The van der Waals surface area contributed by atoms with Gasteiger partial charge in [-0.25, -0.2) is 4.98 Å². The number of amides is 1. The van der Waals surface area contributed by atoms with Gasteiger partial charge in [-0.3, -0.25) is 4.79 Å². The zero-order chi connectivity index (χ0) is 19.4. The molecule has 2 heterocycles. The second-order valence-electron chi connectivity index (χ2n) is 7.11. The van der Waals surface area contributed by atoms with Crippen LogP contribution in [0.1, 0.15) is 16.3 Å². The summed E-state index contributed by atoms with van der Waals surface area (Å²) in [6, 6.07) is 8.40. The molecule has 7 heteroatoms. The van der Waals surface area contributed by atoms with Gasteiger partial charge in [0, 0.05) is 29.8 Å². The number of aryl methyl sites for hydroxylation is 1. The zero-order valence-electron chi connectivity index (χ0n) is 16.3. The van der Waals surface area contributed by atoms with E-state index in [9.17, 15) is 4.79 Å². The maximum Gasteiger partial charge on any atom is 0.228 e. The summed E-state index contributed by atoms with van der Waals surface area (Å²) in [5.74, 6) is 0.998. The molecule has 0 bridgehead atoms. The highest BCUT2D eigenvalue weighted by molar-refractivity contribution is 7.99. The van der Waals surface area contributed by atoms with Gasteiger partial charge < -0.3 is 14.5 Å². The summed E-state index contributed by atoms with van der Waals surface area (Å²) in [6.07, 6.45) is 2.48. The van der Waals surface area contributed by atoms with Crippen LogP contribution in [0.15, 0.2) is 29.6 Å². The monoisotopic (exact) mass is 405 g/mol. The molecule has 1 amide bonds. The Labute approximate surface area is 169 Å². The van der Waals surface area contributed by atoms with Crippen molar-refractivity contribution in [2.24, 2.45) is 0 Å². The van der Waals surface area contributed by atoms with Gasteiger partial charge in [-0.15, -0.1) is 11.3 Å². The van der Waals surface area contributed by atoms with Crippen molar-refractivity contribution in [3.63, 3.8) is 0 Å². The van der Waals surface area contributed by atoms with E-state index in [2.05, 4.69) is 37.2 Å². The smallest absolute Gasteiger partial charge is 0.228 e. The maximum absolute atomic E-state index is 12.7. The minimum absolute atomic E-state index is 0.162. The number of ether oxygens (including phenoxy) is 1. The fraction of sp³-hybridized carbons (Fsp3) is 0.500. The van der Waals surface area contributed by atoms with E-state index in [-0.39, 0.29) is 5.91 Å². The molecule has 3 rings (SSSR count). The Morgan fingerprint density at radius 3 is 2.70 bits per heavy atom. The van der Waals surface area contributed by atoms with Crippen LogP contribution in [0.25, 0.3) is 0 Å². The van der Waals surface area contributed by atoms with Crippen LogP contribution < -0.4 is 4.74 Å². The Kier molecular flexibility index (Phi) is 6.78. The van der Waals surface area contributed by atoms with Crippen LogP contribution in [0, 0.1) is 6.92 Å². The lowest BCUT2D eigenvalue weighted by atomic mass is 10.2. The molecule has 1 aromatic heterocycles. The third-order valence-electron chi connectivity index (χ3n) is 4.87. The van der Waals surface area contributed by atoms with Gasteiger partial charge in [-0.2, -0.15) is 11.8 Å². The molecule has 0 unspecified atom stereocenters. The minimum atomic E-state index is 0.162. The van der Waals surface area contributed by atoms with E-state index in [0.29, 0.717) is 24.3 Å². The molecule has 27 heavy (non-hydrogen) atoms. The number of likely N-dealkylation sites (tertiary alicyclic amines) is 1. The lowest BCUT2D eigenvalue weighted by molar-refractivity contribution is -0.129. The van der Waals surface area contributed by atoms with Gasteiger partial charge in [0.2, 0.25) is 5.91 Å². The number of nitrogens with zero attached hydrogens (tertiary/aromatic N) is 3. The van der Waals surface area contributed by atoms with Crippen molar-refractivity contribution in [1.82, 2.24) is 14.8 Å². The van der Waals surface area contributed by atoms with Crippen molar-refractivity contribution in [2.45, 2.75) is 31.2 Å². The Morgan fingerprint density at radius 1 is 1.33 bits per heavy atom. The first-order valence-corrected chi connectivity index (χ1v) is 11.2. The van der Waals surface area contributed by atoms with Crippen LogP contribution in [0.5, 0.6) is 5.75 Å². The van der Waals surface area contributed by atoms with Crippen LogP contribution in [0.3, 0.4) is 0 Å². The number of carbonyl (C=O) groups excluding carboxylic acids is 1. The average Bonchev–Trinajstić information content (AvgIpc) is 3.28. The summed E-state index contributed by atoms with van der Waals surface area (Å²) in [5.41, 5.74) is 2.04. The standard InChI is InChI=1S/C20H27N3O2S2/c1-14-5-7-16(8-6-14)25-12-19-21-15(13-27-19)9-20(24)23-10-17(22(2)3)18(11-23)26-4/h5-8,13,17-18H,9-12H2,1-4H3/t17-,18-/m1/s1. The average molecular weight is 406 g/mol. The van der Waals surface area contributed by atoms with Crippen LogP contribution in [-0.4, -0.2) is 65.4 Å². The van der Waals surface area contributed by atoms with E-state index in [1.54, 1.807) is 11.3 Å². The molecule has 2 atom stereocenters. The summed E-state index contributed by atoms with van der Waals surface area (Å²) in [4.78, 5) is 21.5. The maximum atomic E-state index is 12.7. The van der Waals surface area contributed by atoms with Gasteiger partial charge >= 0.3 is 0 Å². The van der Waals surface area contributed by atoms with E-state index < -0.39 is 0 Å². The Morgan fingerprint density at radius 2 is 2.07 bits per heavy atom. The fourth-order valence-corrected chi connectivity index (χ4v) is 4.91. The van der Waals surface area contributed by atoms with Crippen molar-refractivity contribution in [1.29, 1.82) is 0 Å². The van der Waals surface area contributed by atoms with E-state index in [4.69, 9.17) is 4.74 Å². The lowest BCUT2D eigenvalue weighted by Gasteiger charge is -2.23. The van der Waals surface area contributed by atoms with Crippen LogP contribution >= 0.6 is 23.1 Å². The molecule has 0 aliphatic carbocycles. The molecule has 0 radical (unpaired) electrons. The topological polar surface area (TPSA) is 45.7 Å². The third-order valence-corrected chi connectivity index (χ3v) is 6.81. The normalized spacial score (nSPS) is 19.7. The Hall–Kier alpha value is -1.57.